The van der Waals surface area contributed by atoms with E-state index < -0.39 is 0 Å². The minimum Gasteiger partial charge on any atom is -0.331 e. The Bertz CT molecular complexity index is 479. The van der Waals surface area contributed by atoms with E-state index >= 15 is 0 Å². The Balaban J connectivity index is 2.18. The Morgan fingerprint density at radius 3 is 2.94 bits per heavy atom. The molecule has 0 spiro atoms. The number of nitrogens with zero attached hydrogens (tertiary/aromatic N) is 2. The van der Waals surface area contributed by atoms with E-state index in [1.807, 2.05) is 24.5 Å². The molecule has 0 saturated carbocycles. The molecular weight excluding hydrogens is 278 g/mol. The number of hydrogen-bond donors (Lipinski definition) is 1. The summed E-state index contributed by atoms with van der Waals surface area (Å²) >= 11 is 3.48. The fourth-order valence-corrected chi connectivity index (χ4v) is 2.20. The van der Waals surface area contributed by atoms with Gasteiger partial charge in [0.15, 0.2) is 0 Å². The summed E-state index contributed by atoms with van der Waals surface area (Å²) in [6, 6.07) is 8.21. The lowest BCUT2D eigenvalue weighted by Gasteiger charge is -2.07. The van der Waals surface area contributed by atoms with E-state index in [4.69, 9.17) is 5.73 Å². The third-order valence-electron chi connectivity index (χ3n) is 2.65. The van der Waals surface area contributed by atoms with Crippen molar-refractivity contribution in [1.82, 2.24) is 9.55 Å². The van der Waals surface area contributed by atoms with Crippen LogP contribution in [0.2, 0.25) is 0 Å². The van der Waals surface area contributed by atoms with Crippen molar-refractivity contribution >= 4 is 15.9 Å². The number of benzene rings is 1. The van der Waals surface area contributed by atoms with Crippen LogP contribution in [-0.4, -0.2) is 16.1 Å². The second kappa shape index (κ2) is 5.98. The second-order valence-electron chi connectivity index (χ2n) is 3.95. The number of nitrogens with two attached hydrogens (primary N) is 1. The molecule has 17 heavy (non-hydrogen) atoms. The molecule has 0 saturated heterocycles. The molecule has 0 fully saturated rings. The SMILES string of the molecule is NCCCCn1ccnc1-c1cccc(Br)c1. The van der Waals surface area contributed by atoms with Crippen molar-refractivity contribution < 1.29 is 0 Å². The van der Waals surface area contributed by atoms with Gasteiger partial charge in [0.2, 0.25) is 0 Å². The molecule has 0 atom stereocenters. The van der Waals surface area contributed by atoms with Crippen LogP contribution >= 0.6 is 15.9 Å². The maximum atomic E-state index is 5.51. The molecule has 0 bridgehead atoms. The number of unbranched alkanes of at least 4 members (excludes halogenated alkanes) is 1. The van der Waals surface area contributed by atoms with Gasteiger partial charge in [-0.25, -0.2) is 4.98 Å². The molecule has 1 heterocycles. The van der Waals surface area contributed by atoms with Crippen LogP contribution in [0.4, 0.5) is 0 Å². The number of rotatable bonds is 5. The molecule has 1 aromatic heterocycles. The maximum Gasteiger partial charge on any atom is 0.139 e. The van der Waals surface area contributed by atoms with Gasteiger partial charge in [-0.1, -0.05) is 28.1 Å². The average Bonchev–Trinajstić information content (AvgIpc) is 2.78. The zero-order chi connectivity index (χ0) is 12.1. The van der Waals surface area contributed by atoms with Crippen molar-refractivity contribution in [2.45, 2.75) is 19.4 Å². The van der Waals surface area contributed by atoms with Crippen LogP contribution in [0.5, 0.6) is 0 Å². The van der Waals surface area contributed by atoms with Crippen molar-refractivity contribution in [3.8, 4) is 11.4 Å². The summed E-state index contributed by atoms with van der Waals surface area (Å²) in [5.41, 5.74) is 6.64. The number of halogens is 1. The van der Waals surface area contributed by atoms with Crippen LogP contribution in [0.25, 0.3) is 11.4 Å². The topological polar surface area (TPSA) is 43.8 Å². The molecule has 3 nitrogen and oxygen atoms in total. The average molecular weight is 294 g/mol. The molecule has 2 rings (SSSR count). The highest BCUT2D eigenvalue weighted by Crippen LogP contribution is 2.21. The van der Waals surface area contributed by atoms with Crippen LogP contribution < -0.4 is 5.73 Å². The van der Waals surface area contributed by atoms with Gasteiger partial charge in [0, 0.05) is 29.0 Å². The molecule has 0 radical (unpaired) electrons. The van der Waals surface area contributed by atoms with E-state index in [1.165, 1.54) is 0 Å². The van der Waals surface area contributed by atoms with Gasteiger partial charge in [-0.05, 0) is 31.5 Å². The molecule has 0 amide bonds. The number of imidazole rings is 1. The minimum atomic E-state index is 0.751. The molecule has 2 N–H and O–H groups in total. The minimum absolute atomic E-state index is 0.751. The molecule has 0 aliphatic carbocycles. The first-order valence-electron chi connectivity index (χ1n) is 5.78. The Morgan fingerprint density at radius 2 is 2.18 bits per heavy atom. The largest absolute Gasteiger partial charge is 0.331 e. The molecule has 0 unspecified atom stereocenters. The highest BCUT2D eigenvalue weighted by molar-refractivity contribution is 9.10. The Morgan fingerprint density at radius 1 is 1.29 bits per heavy atom. The molecule has 1 aromatic carbocycles. The fraction of sp³-hybridized carbons (Fsp3) is 0.308. The summed E-state index contributed by atoms with van der Waals surface area (Å²) in [7, 11) is 0. The smallest absolute Gasteiger partial charge is 0.139 e. The van der Waals surface area contributed by atoms with Crippen LogP contribution in [0.3, 0.4) is 0 Å². The third-order valence-corrected chi connectivity index (χ3v) is 3.14. The van der Waals surface area contributed by atoms with Gasteiger partial charge >= 0.3 is 0 Å². The van der Waals surface area contributed by atoms with Crippen LogP contribution in [-0.2, 0) is 6.54 Å². The summed E-state index contributed by atoms with van der Waals surface area (Å²) in [6.07, 6.45) is 6.01. The number of aromatic nitrogens is 2. The van der Waals surface area contributed by atoms with E-state index in [2.05, 4.69) is 37.6 Å². The second-order valence-corrected chi connectivity index (χ2v) is 4.87. The van der Waals surface area contributed by atoms with Crippen molar-refractivity contribution in [2.75, 3.05) is 6.54 Å². The van der Waals surface area contributed by atoms with E-state index in [9.17, 15) is 0 Å². The Labute approximate surface area is 110 Å². The standard InChI is InChI=1S/C13H16BrN3/c14-12-5-3-4-11(10-12)13-16-7-9-17(13)8-2-1-6-15/h3-5,7,9-10H,1-2,6,8,15H2. The quantitative estimate of drug-likeness (QED) is 0.861. The van der Waals surface area contributed by atoms with E-state index in [-0.39, 0.29) is 0 Å². The summed E-state index contributed by atoms with van der Waals surface area (Å²) in [6.45, 7) is 1.72. The van der Waals surface area contributed by atoms with Gasteiger partial charge in [-0.15, -0.1) is 0 Å². The van der Waals surface area contributed by atoms with Gasteiger partial charge < -0.3 is 10.3 Å². The fourth-order valence-electron chi connectivity index (χ4n) is 1.80. The maximum absolute atomic E-state index is 5.51. The molecule has 90 valence electrons. The highest BCUT2D eigenvalue weighted by atomic mass is 79.9. The van der Waals surface area contributed by atoms with Crippen LogP contribution in [0, 0.1) is 0 Å². The van der Waals surface area contributed by atoms with Gasteiger partial charge in [0.05, 0.1) is 0 Å². The lowest BCUT2D eigenvalue weighted by molar-refractivity contribution is 0.619. The summed E-state index contributed by atoms with van der Waals surface area (Å²) in [5, 5.41) is 0. The third kappa shape index (κ3) is 3.17. The highest BCUT2D eigenvalue weighted by Gasteiger charge is 2.05. The molecule has 2 aromatic rings. The predicted molar refractivity (Wildman–Crippen MR) is 73.7 cm³/mol. The van der Waals surface area contributed by atoms with Crippen molar-refractivity contribution in [2.24, 2.45) is 5.73 Å². The Kier molecular flexibility index (Phi) is 4.34. The molecule has 0 aliphatic rings. The molecule has 0 aliphatic heterocycles. The first-order chi connectivity index (χ1) is 8.31. The monoisotopic (exact) mass is 293 g/mol. The zero-order valence-electron chi connectivity index (χ0n) is 9.64. The molecular formula is C13H16BrN3. The van der Waals surface area contributed by atoms with Gasteiger partial charge in [-0.2, -0.15) is 0 Å². The van der Waals surface area contributed by atoms with Crippen molar-refractivity contribution in [3.05, 3.63) is 41.1 Å². The van der Waals surface area contributed by atoms with Crippen LogP contribution in [0.1, 0.15) is 12.8 Å². The number of aryl methyl sites for hydroxylation is 1. The van der Waals surface area contributed by atoms with Gasteiger partial charge in [0.25, 0.3) is 0 Å². The number of hydrogen-bond acceptors (Lipinski definition) is 2. The predicted octanol–water partition coefficient (Wildman–Crippen LogP) is 3.05. The summed E-state index contributed by atoms with van der Waals surface area (Å²) < 4.78 is 3.25. The van der Waals surface area contributed by atoms with Crippen LogP contribution in [0.15, 0.2) is 41.1 Å². The van der Waals surface area contributed by atoms with Crippen molar-refractivity contribution in [3.63, 3.8) is 0 Å². The van der Waals surface area contributed by atoms with E-state index in [1.54, 1.807) is 0 Å². The van der Waals surface area contributed by atoms with E-state index in [0.717, 1.165) is 41.8 Å². The lowest BCUT2D eigenvalue weighted by Crippen LogP contribution is -2.03. The summed E-state index contributed by atoms with van der Waals surface area (Å²) in [4.78, 5) is 4.42. The lowest BCUT2D eigenvalue weighted by atomic mass is 10.2. The Hall–Kier alpha value is -1.13. The zero-order valence-corrected chi connectivity index (χ0v) is 11.2. The molecule has 4 heteroatoms. The van der Waals surface area contributed by atoms with Crippen molar-refractivity contribution in [1.29, 1.82) is 0 Å². The summed E-state index contributed by atoms with van der Waals surface area (Å²) in [5.74, 6) is 1.02. The van der Waals surface area contributed by atoms with Gasteiger partial charge in [-0.3, -0.25) is 0 Å². The first kappa shape index (κ1) is 12.3. The van der Waals surface area contributed by atoms with E-state index in [0.29, 0.717) is 0 Å². The van der Waals surface area contributed by atoms with Gasteiger partial charge in [0.1, 0.15) is 5.82 Å². The first-order valence-corrected chi connectivity index (χ1v) is 6.57. The normalized spacial score (nSPS) is 10.7.